The SMILES string of the molecule is Cc1cnc(-c2cc(OC[C@@H]3CCCO3)cc(C(=O)NC(C)c3ccc(C(F)(F)F)nn3)c2)s1. The van der Waals surface area contributed by atoms with Gasteiger partial charge < -0.3 is 14.8 Å². The zero-order chi connectivity index (χ0) is 24.3. The lowest BCUT2D eigenvalue weighted by Crippen LogP contribution is -2.27. The van der Waals surface area contributed by atoms with Crippen molar-refractivity contribution in [1.82, 2.24) is 20.5 Å². The lowest BCUT2D eigenvalue weighted by atomic mass is 10.1. The molecule has 1 aromatic carbocycles. The number of aryl methyl sites for hydroxylation is 1. The van der Waals surface area contributed by atoms with E-state index in [1.807, 2.05) is 13.0 Å². The predicted octanol–water partition coefficient (Wildman–Crippen LogP) is 4.98. The molecule has 2 aromatic heterocycles. The van der Waals surface area contributed by atoms with Gasteiger partial charge in [0.15, 0.2) is 5.69 Å². The van der Waals surface area contributed by atoms with Crippen LogP contribution in [0.2, 0.25) is 0 Å². The quantitative estimate of drug-likeness (QED) is 0.501. The molecule has 2 atom stereocenters. The van der Waals surface area contributed by atoms with Crippen molar-refractivity contribution in [2.45, 2.75) is 45.0 Å². The number of benzene rings is 1. The summed E-state index contributed by atoms with van der Waals surface area (Å²) in [6, 6.07) is 6.54. The Labute approximate surface area is 198 Å². The number of carbonyl (C=O) groups excluding carboxylic acids is 1. The van der Waals surface area contributed by atoms with E-state index in [9.17, 15) is 18.0 Å². The van der Waals surface area contributed by atoms with Gasteiger partial charge >= 0.3 is 6.18 Å². The Hall–Kier alpha value is -3.05. The molecule has 180 valence electrons. The van der Waals surface area contributed by atoms with Gasteiger partial charge in [-0.2, -0.15) is 18.3 Å². The Bertz CT molecular complexity index is 1150. The van der Waals surface area contributed by atoms with Gasteiger partial charge in [-0.15, -0.1) is 16.4 Å². The first-order valence-corrected chi connectivity index (χ1v) is 11.5. The molecule has 1 aliphatic heterocycles. The van der Waals surface area contributed by atoms with Crippen molar-refractivity contribution >= 4 is 17.2 Å². The standard InChI is InChI=1S/C23H23F3N4O3S/c1-13-11-27-22(34-13)16-8-15(9-18(10-16)33-12-17-4-3-7-32-17)21(31)28-14(2)19-5-6-20(30-29-19)23(24,25)26/h5-6,8-11,14,17H,3-4,7,12H2,1-2H3,(H,28,31)/t14?,17-/m0/s1. The molecule has 1 fully saturated rings. The molecule has 7 nitrogen and oxygen atoms in total. The minimum atomic E-state index is -4.58. The van der Waals surface area contributed by atoms with E-state index >= 15 is 0 Å². The summed E-state index contributed by atoms with van der Waals surface area (Å²) in [6.45, 7) is 4.65. The Balaban J connectivity index is 1.53. The Morgan fingerprint density at radius 2 is 2.12 bits per heavy atom. The monoisotopic (exact) mass is 492 g/mol. The van der Waals surface area contributed by atoms with Crippen LogP contribution in [0.3, 0.4) is 0 Å². The topological polar surface area (TPSA) is 86.2 Å². The minimum absolute atomic E-state index is 0.0151. The Morgan fingerprint density at radius 1 is 1.29 bits per heavy atom. The lowest BCUT2D eigenvalue weighted by Gasteiger charge is -2.16. The number of aromatic nitrogens is 3. The van der Waals surface area contributed by atoms with Crippen LogP contribution in [0.15, 0.2) is 36.5 Å². The average Bonchev–Trinajstić information content (AvgIpc) is 3.49. The van der Waals surface area contributed by atoms with E-state index in [0.29, 0.717) is 24.5 Å². The molecule has 11 heteroatoms. The number of halogens is 3. The average molecular weight is 493 g/mol. The second-order valence-corrected chi connectivity index (χ2v) is 9.24. The normalized spacial score (nSPS) is 16.9. The third-order valence-electron chi connectivity index (χ3n) is 5.26. The summed E-state index contributed by atoms with van der Waals surface area (Å²) in [5.74, 6) is 0.0827. The van der Waals surface area contributed by atoms with Gasteiger partial charge in [0.1, 0.15) is 17.4 Å². The molecule has 1 unspecified atom stereocenters. The van der Waals surface area contributed by atoms with E-state index in [4.69, 9.17) is 9.47 Å². The van der Waals surface area contributed by atoms with Crippen molar-refractivity contribution in [2.24, 2.45) is 0 Å². The number of nitrogens with zero attached hydrogens (tertiary/aromatic N) is 3. The van der Waals surface area contributed by atoms with Crippen LogP contribution in [0.25, 0.3) is 10.6 Å². The first kappa shape index (κ1) is 24.1. The Kier molecular flexibility index (Phi) is 7.13. The largest absolute Gasteiger partial charge is 0.491 e. The van der Waals surface area contributed by atoms with Gasteiger partial charge in [0, 0.05) is 28.8 Å². The summed E-state index contributed by atoms with van der Waals surface area (Å²) >= 11 is 1.49. The van der Waals surface area contributed by atoms with Crippen LogP contribution in [0.1, 0.15) is 52.4 Å². The van der Waals surface area contributed by atoms with Crippen LogP contribution >= 0.6 is 11.3 Å². The molecule has 0 radical (unpaired) electrons. The maximum Gasteiger partial charge on any atom is 0.435 e. The summed E-state index contributed by atoms with van der Waals surface area (Å²) in [4.78, 5) is 18.4. The van der Waals surface area contributed by atoms with E-state index in [-0.39, 0.29) is 11.8 Å². The summed E-state index contributed by atoms with van der Waals surface area (Å²) in [7, 11) is 0. The molecule has 3 aromatic rings. The first-order chi connectivity index (χ1) is 16.2. The lowest BCUT2D eigenvalue weighted by molar-refractivity contribution is -0.141. The zero-order valence-electron chi connectivity index (χ0n) is 18.6. The number of thiazole rings is 1. The molecule has 0 aliphatic carbocycles. The van der Waals surface area contributed by atoms with Crippen LogP contribution in [0, 0.1) is 6.92 Å². The van der Waals surface area contributed by atoms with Crippen LogP contribution in [0.5, 0.6) is 5.75 Å². The third kappa shape index (κ3) is 5.89. The molecule has 4 rings (SSSR count). The maximum atomic E-state index is 13.0. The predicted molar refractivity (Wildman–Crippen MR) is 120 cm³/mol. The van der Waals surface area contributed by atoms with Crippen LogP contribution in [-0.4, -0.2) is 40.4 Å². The number of hydrogen-bond donors (Lipinski definition) is 1. The summed E-state index contributed by atoms with van der Waals surface area (Å²) < 4.78 is 49.7. The van der Waals surface area contributed by atoms with Gasteiger partial charge in [-0.25, -0.2) is 4.98 Å². The maximum absolute atomic E-state index is 13.0. The fraction of sp³-hybridized carbons (Fsp3) is 0.391. The number of ether oxygens (including phenoxy) is 2. The van der Waals surface area contributed by atoms with Gasteiger partial charge in [-0.1, -0.05) is 0 Å². The fourth-order valence-electron chi connectivity index (χ4n) is 3.47. The number of hydrogen-bond acceptors (Lipinski definition) is 7. The molecular weight excluding hydrogens is 469 g/mol. The highest BCUT2D eigenvalue weighted by atomic mass is 32.1. The highest BCUT2D eigenvalue weighted by Crippen LogP contribution is 2.30. The molecule has 1 amide bonds. The van der Waals surface area contributed by atoms with Crippen LogP contribution in [-0.2, 0) is 10.9 Å². The Morgan fingerprint density at radius 3 is 2.74 bits per heavy atom. The smallest absolute Gasteiger partial charge is 0.435 e. The highest BCUT2D eigenvalue weighted by molar-refractivity contribution is 7.14. The van der Waals surface area contributed by atoms with Crippen molar-refractivity contribution in [3.63, 3.8) is 0 Å². The van der Waals surface area contributed by atoms with Crippen LogP contribution in [0.4, 0.5) is 13.2 Å². The molecule has 34 heavy (non-hydrogen) atoms. The van der Waals surface area contributed by atoms with Gasteiger partial charge in [0.25, 0.3) is 5.91 Å². The first-order valence-electron chi connectivity index (χ1n) is 10.7. The number of alkyl halides is 3. The van der Waals surface area contributed by atoms with Gasteiger partial charge in [0.05, 0.1) is 17.8 Å². The van der Waals surface area contributed by atoms with E-state index < -0.39 is 23.8 Å². The van der Waals surface area contributed by atoms with Crippen molar-refractivity contribution in [3.8, 4) is 16.3 Å². The number of amides is 1. The van der Waals surface area contributed by atoms with E-state index in [0.717, 1.165) is 34.4 Å². The number of rotatable bonds is 7. The number of carbonyl (C=O) groups is 1. The summed E-state index contributed by atoms with van der Waals surface area (Å²) in [5.41, 5.74) is 0.187. The molecule has 3 heterocycles. The van der Waals surface area contributed by atoms with E-state index in [1.54, 1.807) is 25.3 Å². The van der Waals surface area contributed by atoms with Crippen molar-refractivity contribution in [3.05, 3.63) is 58.4 Å². The highest BCUT2D eigenvalue weighted by Gasteiger charge is 2.33. The zero-order valence-corrected chi connectivity index (χ0v) is 19.4. The summed E-state index contributed by atoms with van der Waals surface area (Å²) in [6.07, 6.45) is -0.895. The number of nitrogens with one attached hydrogen (secondary N) is 1. The van der Waals surface area contributed by atoms with Crippen LogP contribution < -0.4 is 10.1 Å². The molecule has 1 aliphatic rings. The van der Waals surface area contributed by atoms with Crippen molar-refractivity contribution < 1.29 is 27.4 Å². The third-order valence-corrected chi connectivity index (χ3v) is 6.23. The van der Waals surface area contributed by atoms with E-state index in [1.165, 1.54) is 17.4 Å². The second-order valence-electron chi connectivity index (χ2n) is 8.00. The van der Waals surface area contributed by atoms with Gasteiger partial charge in [-0.3, -0.25) is 4.79 Å². The van der Waals surface area contributed by atoms with Gasteiger partial charge in [-0.05, 0) is 57.0 Å². The minimum Gasteiger partial charge on any atom is -0.491 e. The molecule has 0 spiro atoms. The fourth-order valence-corrected chi connectivity index (χ4v) is 4.22. The second kappa shape index (κ2) is 10.1. The molecule has 1 N–H and O–H groups in total. The molecule has 0 saturated carbocycles. The van der Waals surface area contributed by atoms with Crippen molar-refractivity contribution in [1.29, 1.82) is 0 Å². The molecule has 0 bridgehead atoms. The van der Waals surface area contributed by atoms with E-state index in [2.05, 4.69) is 20.5 Å². The summed E-state index contributed by atoms with van der Waals surface area (Å²) in [5, 5.41) is 10.3. The molecule has 1 saturated heterocycles. The van der Waals surface area contributed by atoms with Gasteiger partial charge in [0.2, 0.25) is 0 Å². The van der Waals surface area contributed by atoms with Crippen molar-refractivity contribution in [2.75, 3.05) is 13.2 Å². The molecular formula is C23H23F3N4O3S.